The van der Waals surface area contributed by atoms with Gasteiger partial charge in [-0.1, -0.05) is 18.2 Å². The van der Waals surface area contributed by atoms with Crippen molar-refractivity contribution in [1.29, 1.82) is 0 Å². The number of carbonyl (C=O) groups is 1. The summed E-state index contributed by atoms with van der Waals surface area (Å²) in [4.78, 5) is 16.9. The number of aromatic nitrogens is 2. The van der Waals surface area contributed by atoms with Crippen molar-refractivity contribution in [3.05, 3.63) is 83.7 Å². The van der Waals surface area contributed by atoms with Crippen LogP contribution in [-0.2, 0) is 11.8 Å². The van der Waals surface area contributed by atoms with Gasteiger partial charge in [-0.3, -0.25) is 4.79 Å². The number of hydrogen-bond donors (Lipinski definition) is 1. The second-order valence-corrected chi connectivity index (χ2v) is 6.30. The van der Waals surface area contributed by atoms with E-state index in [9.17, 15) is 9.18 Å². The Morgan fingerprint density at radius 2 is 2.00 bits per heavy atom. The van der Waals surface area contributed by atoms with Crippen LogP contribution in [0.1, 0.15) is 23.0 Å². The van der Waals surface area contributed by atoms with Crippen LogP contribution >= 0.6 is 0 Å². The molecule has 1 N–H and O–H groups in total. The minimum absolute atomic E-state index is 0.336. The summed E-state index contributed by atoms with van der Waals surface area (Å²) in [5, 5.41) is 2.83. The molecule has 3 rings (SSSR count). The highest BCUT2D eigenvalue weighted by atomic mass is 19.1. The summed E-state index contributed by atoms with van der Waals surface area (Å²) in [6.45, 7) is 0. The maximum absolute atomic E-state index is 14.4. The lowest BCUT2D eigenvalue weighted by Gasteiger charge is -2.19. The minimum Gasteiger partial charge on any atom is -0.497 e. The van der Waals surface area contributed by atoms with Gasteiger partial charge in [0.2, 0.25) is 5.91 Å². The second-order valence-electron chi connectivity index (χ2n) is 6.30. The Morgan fingerprint density at radius 1 is 1.21 bits per heavy atom. The topological polar surface area (TPSA) is 65.4 Å². The van der Waals surface area contributed by atoms with Gasteiger partial charge in [-0.2, -0.15) is 0 Å². The van der Waals surface area contributed by atoms with E-state index in [-0.39, 0.29) is 0 Å². The van der Waals surface area contributed by atoms with E-state index in [1.54, 1.807) is 80.7 Å². The number of halogens is 1. The highest BCUT2D eigenvalue weighted by molar-refractivity contribution is 5.92. The van der Waals surface area contributed by atoms with Gasteiger partial charge in [0.25, 0.3) is 0 Å². The first-order chi connectivity index (χ1) is 14.0. The first-order valence-corrected chi connectivity index (χ1v) is 8.95. The molecule has 0 saturated heterocycles. The molecule has 1 amide bonds. The third kappa shape index (κ3) is 4.63. The number of methoxy groups -OCH3 is 2. The van der Waals surface area contributed by atoms with E-state index in [1.807, 2.05) is 0 Å². The molecule has 2 aromatic carbocycles. The maximum Gasteiger partial charge on any atom is 0.244 e. The lowest BCUT2D eigenvalue weighted by Crippen LogP contribution is -2.30. The quantitative estimate of drug-likeness (QED) is 0.622. The molecule has 0 bridgehead atoms. The molecule has 29 heavy (non-hydrogen) atoms. The SMILES string of the molecule is COc1ccc(OC)c(/C=C/C(=O)NC(c2ccccc2F)c2nccn2C)c1. The van der Waals surface area contributed by atoms with Crippen LogP contribution in [0.4, 0.5) is 4.39 Å². The largest absolute Gasteiger partial charge is 0.497 e. The Hall–Kier alpha value is -3.61. The van der Waals surface area contributed by atoms with Crippen molar-refractivity contribution in [1.82, 2.24) is 14.9 Å². The van der Waals surface area contributed by atoms with E-state index in [1.165, 1.54) is 12.1 Å². The zero-order valence-corrected chi connectivity index (χ0v) is 16.4. The van der Waals surface area contributed by atoms with E-state index in [2.05, 4.69) is 10.3 Å². The smallest absolute Gasteiger partial charge is 0.244 e. The van der Waals surface area contributed by atoms with Gasteiger partial charge in [-0.05, 0) is 30.3 Å². The number of nitrogens with zero attached hydrogens (tertiary/aromatic N) is 2. The lowest BCUT2D eigenvalue weighted by atomic mass is 10.1. The summed E-state index contributed by atoms with van der Waals surface area (Å²) in [5.74, 6) is 0.953. The van der Waals surface area contributed by atoms with Crippen molar-refractivity contribution in [3.8, 4) is 11.5 Å². The van der Waals surface area contributed by atoms with E-state index in [4.69, 9.17) is 9.47 Å². The van der Waals surface area contributed by atoms with Crippen LogP contribution in [0.3, 0.4) is 0 Å². The normalized spacial score (nSPS) is 12.0. The van der Waals surface area contributed by atoms with Crippen molar-refractivity contribution in [2.75, 3.05) is 14.2 Å². The highest BCUT2D eigenvalue weighted by Gasteiger charge is 2.22. The van der Waals surface area contributed by atoms with E-state index >= 15 is 0 Å². The van der Waals surface area contributed by atoms with Gasteiger partial charge in [-0.15, -0.1) is 0 Å². The molecule has 1 unspecified atom stereocenters. The van der Waals surface area contributed by atoms with Gasteiger partial charge in [0, 0.05) is 36.6 Å². The van der Waals surface area contributed by atoms with Gasteiger partial charge in [0.15, 0.2) is 0 Å². The molecule has 7 heteroatoms. The van der Waals surface area contributed by atoms with Crippen molar-refractivity contribution in [2.24, 2.45) is 7.05 Å². The van der Waals surface area contributed by atoms with E-state index in [0.717, 1.165) is 0 Å². The van der Waals surface area contributed by atoms with Gasteiger partial charge in [0.1, 0.15) is 29.2 Å². The zero-order valence-electron chi connectivity index (χ0n) is 16.4. The molecule has 1 aromatic heterocycles. The van der Waals surface area contributed by atoms with Crippen LogP contribution in [0.15, 0.2) is 60.9 Å². The summed E-state index contributed by atoms with van der Waals surface area (Å²) >= 11 is 0. The van der Waals surface area contributed by atoms with Crippen LogP contribution in [0.2, 0.25) is 0 Å². The minimum atomic E-state index is -0.736. The highest BCUT2D eigenvalue weighted by Crippen LogP contribution is 2.26. The summed E-state index contributed by atoms with van der Waals surface area (Å²) in [6, 6.07) is 10.9. The lowest BCUT2D eigenvalue weighted by molar-refractivity contribution is -0.117. The molecule has 1 atom stereocenters. The molecule has 0 aliphatic rings. The van der Waals surface area contributed by atoms with Crippen LogP contribution in [0.5, 0.6) is 11.5 Å². The Bertz CT molecular complexity index is 1030. The van der Waals surface area contributed by atoms with E-state index in [0.29, 0.717) is 28.5 Å². The molecule has 0 spiro atoms. The molecule has 0 aliphatic heterocycles. The summed E-state index contributed by atoms with van der Waals surface area (Å²) < 4.78 is 26.7. The molecule has 3 aromatic rings. The fourth-order valence-corrected chi connectivity index (χ4v) is 2.97. The third-order valence-electron chi connectivity index (χ3n) is 4.47. The number of rotatable bonds is 7. The first kappa shape index (κ1) is 20.1. The standard InChI is InChI=1S/C22H22FN3O3/c1-26-13-12-24-22(26)21(17-6-4-5-7-18(17)23)25-20(27)11-8-15-14-16(28-2)9-10-19(15)29-3/h4-14,21H,1-3H3,(H,25,27)/b11-8+. The molecule has 0 radical (unpaired) electrons. The number of imidazole rings is 1. The molecular formula is C22H22FN3O3. The Kier molecular flexibility index (Phi) is 6.29. The number of aryl methyl sites for hydroxylation is 1. The molecule has 0 aliphatic carbocycles. The van der Waals surface area contributed by atoms with Crippen LogP contribution < -0.4 is 14.8 Å². The van der Waals surface area contributed by atoms with Gasteiger partial charge in [-0.25, -0.2) is 9.37 Å². The molecule has 150 valence electrons. The molecular weight excluding hydrogens is 373 g/mol. The number of carbonyl (C=O) groups excluding carboxylic acids is 1. The Labute approximate surface area is 168 Å². The molecule has 6 nitrogen and oxygen atoms in total. The fourth-order valence-electron chi connectivity index (χ4n) is 2.97. The van der Waals surface area contributed by atoms with Gasteiger partial charge < -0.3 is 19.4 Å². The second kappa shape index (κ2) is 9.05. The fraction of sp³-hybridized carbons (Fsp3) is 0.182. The Balaban J connectivity index is 1.87. The molecule has 0 saturated carbocycles. The van der Waals surface area contributed by atoms with Gasteiger partial charge in [0.05, 0.1) is 14.2 Å². The average Bonchev–Trinajstić information content (AvgIpc) is 3.16. The maximum atomic E-state index is 14.4. The van der Waals surface area contributed by atoms with E-state index < -0.39 is 17.8 Å². The number of hydrogen-bond acceptors (Lipinski definition) is 4. The Morgan fingerprint density at radius 3 is 2.66 bits per heavy atom. The monoisotopic (exact) mass is 395 g/mol. The summed E-state index contributed by atoms with van der Waals surface area (Å²) in [5.41, 5.74) is 1.02. The van der Waals surface area contributed by atoms with Crippen molar-refractivity contribution in [3.63, 3.8) is 0 Å². The first-order valence-electron chi connectivity index (χ1n) is 8.95. The van der Waals surface area contributed by atoms with Crippen molar-refractivity contribution >= 4 is 12.0 Å². The number of benzene rings is 2. The predicted molar refractivity (Wildman–Crippen MR) is 108 cm³/mol. The van der Waals surface area contributed by atoms with Crippen LogP contribution in [-0.4, -0.2) is 29.7 Å². The zero-order chi connectivity index (χ0) is 20.8. The summed E-state index contributed by atoms with van der Waals surface area (Å²) in [7, 11) is 4.90. The molecule has 0 fully saturated rings. The van der Waals surface area contributed by atoms with Gasteiger partial charge >= 0.3 is 0 Å². The number of ether oxygens (including phenoxy) is 2. The summed E-state index contributed by atoms with van der Waals surface area (Å²) in [6.07, 6.45) is 6.33. The van der Waals surface area contributed by atoms with Crippen LogP contribution in [0, 0.1) is 5.82 Å². The third-order valence-corrected chi connectivity index (χ3v) is 4.47. The predicted octanol–water partition coefficient (Wildman–Crippen LogP) is 3.50. The molecule has 1 heterocycles. The van der Waals surface area contributed by atoms with Crippen molar-refractivity contribution in [2.45, 2.75) is 6.04 Å². The van der Waals surface area contributed by atoms with Crippen LogP contribution in [0.25, 0.3) is 6.08 Å². The number of nitrogens with one attached hydrogen (secondary N) is 1. The van der Waals surface area contributed by atoms with Crippen molar-refractivity contribution < 1.29 is 18.7 Å². The average molecular weight is 395 g/mol. The number of amides is 1.